The lowest BCUT2D eigenvalue weighted by Gasteiger charge is -2.39. The van der Waals surface area contributed by atoms with E-state index in [9.17, 15) is 5.26 Å². The maximum absolute atomic E-state index is 9.57. The van der Waals surface area contributed by atoms with E-state index in [1.807, 2.05) is 56.6 Å². The normalized spacial score (nSPS) is 12.0. The lowest BCUT2D eigenvalue weighted by atomic mass is 10.0. The van der Waals surface area contributed by atoms with Gasteiger partial charge in [-0.3, -0.25) is 4.90 Å². The van der Waals surface area contributed by atoms with Crippen LogP contribution >= 0.6 is 0 Å². The average molecular weight is 305 g/mol. The molecule has 1 atom stereocenters. The molecular weight excluding hydrogens is 282 g/mol. The third kappa shape index (κ3) is 3.38. The number of nitriles is 1. The first-order chi connectivity index (χ1) is 11.0. The Labute approximate surface area is 139 Å². The molecule has 0 amide bonds. The Bertz CT molecular complexity index is 713. The second kappa shape index (κ2) is 7.30. The summed E-state index contributed by atoms with van der Waals surface area (Å²) < 4.78 is 0. The second-order valence-corrected chi connectivity index (χ2v) is 5.78. The quantitative estimate of drug-likeness (QED) is 0.769. The zero-order valence-corrected chi connectivity index (χ0v) is 14.1. The van der Waals surface area contributed by atoms with Crippen molar-refractivity contribution < 1.29 is 0 Å². The highest BCUT2D eigenvalue weighted by atomic mass is 15.3. The van der Waals surface area contributed by atoms with E-state index in [2.05, 4.69) is 36.6 Å². The van der Waals surface area contributed by atoms with Crippen molar-refractivity contribution in [2.45, 2.75) is 19.5 Å². The van der Waals surface area contributed by atoms with Crippen LogP contribution in [0, 0.1) is 25.2 Å². The van der Waals surface area contributed by atoms with Gasteiger partial charge in [-0.1, -0.05) is 37.3 Å². The lowest BCUT2D eigenvalue weighted by Crippen LogP contribution is -2.43. The highest BCUT2D eigenvalue weighted by Gasteiger charge is 2.25. The molecule has 0 aliphatic heterocycles. The smallest absolute Gasteiger partial charge is 0.101 e. The van der Waals surface area contributed by atoms with E-state index in [4.69, 9.17) is 0 Å². The Balaban J connectivity index is 2.74. The predicted octanol–water partition coefficient (Wildman–Crippen LogP) is 4.36. The summed E-state index contributed by atoms with van der Waals surface area (Å²) in [6.45, 7) is 10.5. The van der Waals surface area contributed by atoms with Crippen molar-refractivity contribution in [2.75, 3.05) is 19.0 Å². The molecule has 2 aromatic rings. The number of hydrogen-bond acceptors (Lipinski definition) is 3. The van der Waals surface area contributed by atoms with Crippen molar-refractivity contribution in [3.8, 4) is 6.07 Å². The first kappa shape index (κ1) is 17.1. The zero-order valence-electron chi connectivity index (χ0n) is 14.1. The van der Waals surface area contributed by atoms with Gasteiger partial charge in [-0.25, -0.2) is 0 Å². The van der Waals surface area contributed by atoms with Crippen molar-refractivity contribution in [3.63, 3.8) is 0 Å². The van der Waals surface area contributed by atoms with E-state index in [1.165, 1.54) is 0 Å². The van der Waals surface area contributed by atoms with Gasteiger partial charge >= 0.3 is 0 Å². The van der Waals surface area contributed by atoms with Gasteiger partial charge in [0.15, 0.2) is 0 Å². The number of rotatable bonds is 5. The van der Waals surface area contributed by atoms with Crippen LogP contribution in [-0.4, -0.2) is 25.2 Å². The summed E-state index contributed by atoms with van der Waals surface area (Å²) in [6, 6.07) is 16.0. The van der Waals surface area contributed by atoms with Crippen molar-refractivity contribution in [2.24, 2.45) is 0 Å². The Morgan fingerprint density at radius 2 is 1.70 bits per heavy atom. The van der Waals surface area contributed by atoms with Crippen LogP contribution in [0.15, 0.2) is 42.5 Å². The SMILES string of the molecule is [CH2]c1ccccc1N(c1c([CH2])cccc1C#N)C(CC)N(C)C. The molecule has 23 heavy (non-hydrogen) atoms. The summed E-state index contributed by atoms with van der Waals surface area (Å²) in [5.74, 6) is 0. The van der Waals surface area contributed by atoms with Gasteiger partial charge in [-0.15, -0.1) is 0 Å². The van der Waals surface area contributed by atoms with E-state index >= 15 is 0 Å². The number of para-hydroxylation sites is 2. The summed E-state index contributed by atoms with van der Waals surface area (Å²) in [5.41, 5.74) is 4.25. The Hall–Kier alpha value is -2.31. The van der Waals surface area contributed by atoms with Crippen LogP contribution in [0.1, 0.15) is 30.0 Å². The highest BCUT2D eigenvalue weighted by Crippen LogP contribution is 2.36. The first-order valence-electron chi connectivity index (χ1n) is 7.73. The molecule has 3 heteroatoms. The summed E-state index contributed by atoms with van der Waals surface area (Å²) in [5, 5.41) is 9.57. The molecule has 2 radical (unpaired) electrons. The van der Waals surface area contributed by atoms with Gasteiger partial charge in [-0.2, -0.15) is 5.26 Å². The maximum Gasteiger partial charge on any atom is 0.101 e. The average Bonchev–Trinajstić information content (AvgIpc) is 2.53. The fourth-order valence-electron chi connectivity index (χ4n) is 2.92. The van der Waals surface area contributed by atoms with Crippen LogP contribution in [-0.2, 0) is 0 Å². The van der Waals surface area contributed by atoms with Gasteiger partial charge in [0.25, 0.3) is 0 Å². The number of anilines is 2. The van der Waals surface area contributed by atoms with Crippen molar-refractivity contribution in [3.05, 3.63) is 73.0 Å². The van der Waals surface area contributed by atoms with Crippen LogP contribution in [0.3, 0.4) is 0 Å². The van der Waals surface area contributed by atoms with Crippen molar-refractivity contribution in [1.82, 2.24) is 4.90 Å². The molecular formula is C20H23N3. The second-order valence-electron chi connectivity index (χ2n) is 5.78. The molecule has 3 nitrogen and oxygen atoms in total. The van der Waals surface area contributed by atoms with Gasteiger partial charge in [0.05, 0.1) is 17.4 Å². The van der Waals surface area contributed by atoms with Crippen molar-refractivity contribution in [1.29, 1.82) is 5.26 Å². The molecule has 1 unspecified atom stereocenters. The van der Waals surface area contributed by atoms with Gasteiger partial charge in [0.1, 0.15) is 6.07 Å². The van der Waals surface area contributed by atoms with Gasteiger partial charge < -0.3 is 4.90 Å². The zero-order chi connectivity index (χ0) is 17.0. The molecule has 0 aromatic heterocycles. The minimum Gasteiger partial charge on any atom is -0.324 e. The predicted molar refractivity (Wildman–Crippen MR) is 96.4 cm³/mol. The number of hydrogen-bond donors (Lipinski definition) is 0. The maximum atomic E-state index is 9.57. The molecule has 0 saturated heterocycles. The Kier molecular flexibility index (Phi) is 5.41. The summed E-state index contributed by atoms with van der Waals surface area (Å²) >= 11 is 0. The molecule has 0 aliphatic rings. The molecule has 0 fully saturated rings. The van der Waals surface area contributed by atoms with Gasteiger partial charge in [0.2, 0.25) is 0 Å². The third-order valence-corrected chi connectivity index (χ3v) is 3.99. The number of benzene rings is 2. The largest absolute Gasteiger partial charge is 0.324 e. The summed E-state index contributed by atoms with van der Waals surface area (Å²) in [4.78, 5) is 4.34. The summed E-state index contributed by atoms with van der Waals surface area (Å²) in [6.07, 6.45) is 1.01. The monoisotopic (exact) mass is 305 g/mol. The molecule has 0 N–H and O–H groups in total. The van der Waals surface area contributed by atoms with Crippen LogP contribution in [0.2, 0.25) is 0 Å². The van der Waals surface area contributed by atoms with Crippen LogP contribution in [0.25, 0.3) is 0 Å². The van der Waals surface area contributed by atoms with Crippen LogP contribution in [0.5, 0.6) is 0 Å². The molecule has 0 heterocycles. The Morgan fingerprint density at radius 1 is 1.04 bits per heavy atom. The third-order valence-electron chi connectivity index (χ3n) is 3.99. The fourth-order valence-corrected chi connectivity index (χ4v) is 2.92. The fraction of sp³-hybridized carbons (Fsp3) is 0.250. The number of nitrogens with zero attached hydrogens (tertiary/aromatic N) is 3. The Morgan fingerprint density at radius 3 is 2.26 bits per heavy atom. The molecule has 0 bridgehead atoms. The van der Waals surface area contributed by atoms with E-state index in [-0.39, 0.29) is 6.17 Å². The molecule has 0 saturated carbocycles. The molecule has 0 aliphatic carbocycles. The van der Waals surface area contributed by atoms with E-state index in [0.717, 1.165) is 28.9 Å². The molecule has 2 rings (SSSR count). The van der Waals surface area contributed by atoms with Gasteiger partial charge in [-0.05, 0) is 57.6 Å². The highest BCUT2D eigenvalue weighted by molar-refractivity contribution is 5.76. The lowest BCUT2D eigenvalue weighted by molar-refractivity contribution is 0.290. The molecule has 2 aromatic carbocycles. The van der Waals surface area contributed by atoms with Crippen molar-refractivity contribution >= 4 is 11.4 Å². The van der Waals surface area contributed by atoms with Crippen LogP contribution < -0.4 is 4.90 Å². The molecule has 0 spiro atoms. The topological polar surface area (TPSA) is 30.3 Å². The van der Waals surface area contributed by atoms with Crippen LogP contribution in [0.4, 0.5) is 11.4 Å². The minimum absolute atomic E-state index is 0.105. The van der Waals surface area contributed by atoms with E-state index < -0.39 is 0 Å². The standard InChI is InChI=1S/C20H23N3/c1-6-19(22(4)5)23(18-13-8-7-10-15(18)2)20-16(3)11-9-12-17(20)14-21/h7-13,19H,2-3,6H2,1,4-5H3. The van der Waals surface area contributed by atoms with Gasteiger partial charge in [0, 0.05) is 5.69 Å². The summed E-state index contributed by atoms with van der Waals surface area (Å²) in [7, 11) is 4.09. The minimum atomic E-state index is 0.105. The van der Waals surface area contributed by atoms with E-state index in [0.29, 0.717) is 5.56 Å². The first-order valence-corrected chi connectivity index (χ1v) is 7.73. The van der Waals surface area contributed by atoms with E-state index in [1.54, 1.807) is 0 Å². The molecule has 118 valence electrons.